The van der Waals surface area contributed by atoms with E-state index in [2.05, 4.69) is 57.5 Å². The van der Waals surface area contributed by atoms with Crippen molar-refractivity contribution in [3.63, 3.8) is 0 Å². The van der Waals surface area contributed by atoms with Crippen molar-refractivity contribution >= 4 is 5.82 Å². The SMILES string of the molecule is Cn1ccnc1C(O)C1CCCN(c2cc(C(C)(C)C)nc(C(C)(C)C)n2)C1. The average molecular weight is 386 g/mol. The summed E-state index contributed by atoms with van der Waals surface area (Å²) in [6.45, 7) is 14.8. The Hall–Kier alpha value is -1.95. The molecule has 1 saturated heterocycles. The molecule has 2 aromatic heterocycles. The highest BCUT2D eigenvalue weighted by atomic mass is 16.3. The molecule has 0 aliphatic carbocycles. The lowest BCUT2D eigenvalue weighted by molar-refractivity contribution is 0.0873. The van der Waals surface area contributed by atoms with Gasteiger partial charge in [0.1, 0.15) is 23.6 Å². The predicted octanol–water partition coefficient (Wildman–Crippen LogP) is 3.76. The Morgan fingerprint density at radius 2 is 1.82 bits per heavy atom. The highest BCUT2D eigenvalue weighted by molar-refractivity contribution is 5.43. The summed E-state index contributed by atoms with van der Waals surface area (Å²) in [6.07, 6.45) is 5.09. The predicted molar refractivity (Wildman–Crippen MR) is 113 cm³/mol. The van der Waals surface area contributed by atoms with Crippen molar-refractivity contribution in [3.05, 3.63) is 35.8 Å². The number of imidazole rings is 1. The number of nitrogens with zero attached hydrogens (tertiary/aromatic N) is 5. The number of piperidine rings is 1. The maximum atomic E-state index is 10.9. The van der Waals surface area contributed by atoms with E-state index in [1.165, 1.54) is 0 Å². The van der Waals surface area contributed by atoms with E-state index in [0.29, 0.717) is 0 Å². The van der Waals surface area contributed by atoms with E-state index in [-0.39, 0.29) is 16.7 Å². The molecule has 2 atom stereocenters. The van der Waals surface area contributed by atoms with Crippen LogP contribution in [0.15, 0.2) is 18.5 Å². The number of aliphatic hydroxyl groups is 1. The molecule has 0 amide bonds. The first-order valence-electron chi connectivity index (χ1n) is 10.3. The van der Waals surface area contributed by atoms with Crippen molar-refractivity contribution in [1.82, 2.24) is 19.5 Å². The van der Waals surface area contributed by atoms with Crippen molar-refractivity contribution < 1.29 is 5.11 Å². The Morgan fingerprint density at radius 3 is 2.39 bits per heavy atom. The Kier molecular flexibility index (Phi) is 5.54. The molecule has 1 N–H and O–H groups in total. The number of hydrogen-bond donors (Lipinski definition) is 1. The second kappa shape index (κ2) is 7.47. The number of aromatic nitrogens is 4. The molecule has 2 aromatic rings. The van der Waals surface area contributed by atoms with Gasteiger partial charge in [0.15, 0.2) is 0 Å². The third-order valence-corrected chi connectivity index (χ3v) is 5.50. The van der Waals surface area contributed by atoms with Crippen LogP contribution in [0.1, 0.15) is 77.8 Å². The van der Waals surface area contributed by atoms with Gasteiger partial charge in [-0.25, -0.2) is 15.0 Å². The molecular weight excluding hydrogens is 350 g/mol. The molecule has 6 nitrogen and oxygen atoms in total. The van der Waals surface area contributed by atoms with E-state index < -0.39 is 6.10 Å². The summed E-state index contributed by atoms with van der Waals surface area (Å²) in [5.74, 6) is 2.73. The highest BCUT2D eigenvalue weighted by Gasteiger charge is 2.31. The van der Waals surface area contributed by atoms with Crippen molar-refractivity contribution in [3.8, 4) is 0 Å². The number of hydrogen-bond acceptors (Lipinski definition) is 5. The van der Waals surface area contributed by atoms with Gasteiger partial charge in [-0.3, -0.25) is 0 Å². The second-order valence-corrected chi connectivity index (χ2v) is 10.1. The molecule has 1 aliphatic rings. The fourth-order valence-corrected chi connectivity index (χ4v) is 3.66. The summed E-state index contributed by atoms with van der Waals surface area (Å²) in [5.41, 5.74) is 0.908. The van der Waals surface area contributed by atoms with Crippen LogP contribution in [0.2, 0.25) is 0 Å². The number of aliphatic hydroxyl groups excluding tert-OH is 1. The zero-order valence-corrected chi connectivity index (χ0v) is 18.4. The van der Waals surface area contributed by atoms with E-state index in [0.717, 1.165) is 49.1 Å². The Bertz CT molecular complexity index is 783. The molecule has 0 aromatic carbocycles. The van der Waals surface area contributed by atoms with Crippen LogP contribution in [-0.4, -0.2) is 37.7 Å². The van der Waals surface area contributed by atoms with Gasteiger partial charge in [-0.15, -0.1) is 0 Å². The topological polar surface area (TPSA) is 67.1 Å². The molecule has 0 bridgehead atoms. The van der Waals surface area contributed by atoms with Gasteiger partial charge in [-0.2, -0.15) is 0 Å². The summed E-state index contributed by atoms with van der Waals surface area (Å²) < 4.78 is 1.91. The summed E-state index contributed by atoms with van der Waals surface area (Å²) in [7, 11) is 1.93. The minimum absolute atomic E-state index is 0.0423. The number of anilines is 1. The largest absolute Gasteiger partial charge is 0.385 e. The Labute approximate surface area is 169 Å². The van der Waals surface area contributed by atoms with Crippen LogP contribution in [0, 0.1) is 5.92 Å². The van der Waals surface area contributed by atoms with Gasteiger partial charge in [0, 0.05) is 55.3 Å². The van der Waals surface area contributed by atoms with Crippen LogP contribution in [0.3, 0.4) is 0 Å². The van der Waals surface area contributed by atoms with E-state index in [4.69, 9.17) is 9.97 Å². The summed E-state index contributed by atoms with van der Waals surface area (Å²) in [6, 6.07) is 2.13. The number of aryl methyl sites for hydroxylation is 1. The van der Waals surface area contributed by atoms with E-state index in [1.807, 2.05) is 17.8 Å². The van der Waals surface area contributed by atoms with Gasteiger partial charge in [-0.1, -0.05) is 41.5 Å². The smallest absolute Gasteiger partial charge is 0.137 e. The maximum absolute atomic E-state index is 10.9. The van der Waals surface area contributed by atoms with Crippen LogP contribution >= 0.6 is 0 Å². The molecule has 0 spiro atoms. The van der Waals surface area contributed by atoms with Crippen LogP contribution in [0.5, 0.6) is 0 Å². The first-order chi connectivity index (χ1) is 13.0. The molecule has 1 fully saturated rings. The van der Waals surface area contributed by atoms with Gasteiger partial charge in [0.05, 0.1) is 5.69 Å². The lowest BCUT2D eigenvalue weighted by atomic mass is 9.89. The maximum Gasteiger partial charge on any atom is 0.137 e. The summed E-state index contributed by atoms with van der Waals surface area (Å²) in [5, 5.41) is 10.9. The minimum Gasteiger partial charge on any atom is -0.385 e. The molecule has 6 heteroatoms. The standard InChI is InChI=1S/C22H35N5O/c1-21(2,3)16-13-17(25-20(24-16)22(4,5)6)27-11-8-9-15(14-27)18(28)19-23-10-12-26(19)7/h10,12-13,15,18,28H,8-9,11,14H2,1-7H3. The van der Waals surface area contributed by atoms with Crippen LogP contribution < -0.4 is 4.90 Å². The highest BCUT2D eigenvalue weighted by Crippen LogP contribution is 2.33. The zero-order chi connectivity index (χ0) is 20.7. The van der Waals surface area contributed by atoms with E-state index in [1.54, 1.807) is 6.20 Å². The summed E-state index contributed by atoms with van der Waals surface area (Å²) in [4.78, 5) is 16.5. The van der Waals surface area contributed by atoms with E-state index in [9.17, 15) is 5.11 Å². The van der Waals surface area contributed by atoms with Crippen LogP contribution in [-0.2, 0) is 17.9 Å². The first-order valence-corrected chi connectivity index (χ1v) is 10.3. The van der Waals surface area contributed by atoms with Gasteiger partial charge >= 0.3 is 0 Å². The Morgan fingerprint density at radius 1 is 1.11 bits per heavy atom. The molecular formula is C22H35N5O. The molecule has 0 radical (unpaired) electrons. The molecule has 154 valence electrons. The van der Waals surface area contributed by atoms with Crippen molar-refractivity contribution in [2.24, 2.45) is 13.0 Å². The van der Waals surface area contributed by atoms with Gasteiger partial charge in [-0.05, 0) is 12.8 Å². The lowest BCUT2D eigenvalue weighted by Gasteiger charge is -2.36. The fraction of sp³-hybridized carbons (Fsp3) is 0.682. The van der Waals surface area contributed by atoms with Crippen molar-refractivity contribution in [2.45, 2.75) is 71.3 Å². The molecule has 3 rings (SSSR count). The average Bonchev–Trinajstić information content (AvgIpc) is 3.05. The van der Waals surface area contributed by atoms with Gasteiger partial charge in [0.2, 0.25) is 0 Å². The first kappa shape index (κ1) is 20.8. The lowest BCUT2D eigenvalue weighted by Crippen LogP contribution is -2.39. The molecule has 2 unspecified atom stereocenters. The fourth-order valence-electron chi connectivity index (χ4n) is 3.66. The van der Waals surface area contributed by atoms with Crippen LogP contribution in [0.25, 0.3) is 0 Å². The quantitative estimate of drug-likeness (QED) is 0.871. The van der Waals surface area contributed by atoms with Gasteiger partial charge in [0.25, 0.3) is 0 Å². The van der Waals surface area contributed by atoms with Crippen LogP contribution in [0.4, 0.5) is 5.82 Å². The molecule has 3 heterocycles. The Balaban J connectivity index is 1.91. The second-order valence-electron chi connectivity index (χ2n) is 10.1. The normalized spacial score (nSPS) is 19.7. The third-order valence-electron chi connectivity index (χ3n) is 5.50. The monoisotopic (exact) mass is 385 g/mol. The third kappa shape index (κ3) is 4.37. The van der Waals surface area contributed by atoms with Crippen molar-refractivity contribution in [1.29, 1.82) is 0 Å². The van der Waals surface area contributed by atoms with Gasteiger partial charge < -0.3 is 14.6 Å². The summed E-state index contributed by atoms with van der Waals surface area (Å²) >= 11 is 0. The minimum atomic E-state index is -0.561. The van der Waals surface area contributed by atoms with E-state index >= 15 is 0 Å². The molecule has 1 aliphatic heterocycles. The molecule has 0 saturated carbocycles. The zero-order valence-electron chi connectivity index (χ0n) is 18.4. The van der Waals surface area contributed by atoms with Crippen molar-refractivity contribution in [2.75, 3.05) is 18.0 Å². The molecule has 28 heavy (non-hydrogen) atoms. The number of rotatable bonds is 3.